The summed E-state index contributed by atoms with van der Waals surface area (Å²) in [5.41, 5.74) is 2.52. The third-order valence-corrected chi connectivity index (χ3v) is 9.90. The van der Waals surface area contributed by atoms with Crippen LogP contribution in [0, 0.1) is 5.41 Å². The molecule has 24 heavy (non-hydrogen) atoms. The summed E-state index contributed by atoms with van der Waals surface area (Å²) in [6.45, 7) is 16.0. The molecule has 1 saturated heterocycles. The van der Waals surface area contributed by atoms with Gasteiger partial charge in [0.1, 0.15) is 0 Å². The molecule has 0 bridgehead atoms. The summed E-state index contributed by atoms with van der Waals surface area (Å²) in [4.78, 5) is 0. The van der Waals surface area contributed by atoms with Gasteiger partial charge in [0.15, 0.2) is 0 Å². The first-order valence-corrected chi connectivity index (χ1v) is 11.5. The highest BCUT2D eigenvalue weighted by molar-refractivity contribution is 6.70. The van der Waals surface area contributed by atoms with Gasteiger partial charge in [-0.2, -0.15) is 0 Å². The zero-order valence-corrected chi connectivity index (χ0v) is 17.6. The molecule has 1 aliphatic rings. The predicted molar refractivity (Wildman–Crippen MR) is 105 cm³/mol. The molecular weight excluding hydrogens is 312 g/mol. The Morgan fingerprint density at radius 2 is 1.58 bits per heavy atom. The van der Waals surface area contributed by atoms with Gasteiger partial charge in [-0.3, -0.25) is 0 Å². The van der Waals surface area contributed by atoms with Gasteiger partial charge in [-0.1, -0.05) is 78.8 Å². The molecule has 1 aromatic carbocycles. The van der Waals surface area contributed by atoms with Crippen LogP contribution >= 0.6 is 0 Å². The molecule has 0 spiro atoms. The Labute approximate surface area is 150 Å². The summed E-state index contributed by atoms with van der Waals surface area (Å²) in [7, 11) is -2.21. The molecule has 1 aromatic rings. The third kappa shape index (κ3) is 4.50. The van der Waals surface area contributed by atoms with Gasteiger partial charge in [0.05, 0.1) is 12.2 Å². The Kier molecular flexibility index (Phi) is 6.33. The lowest BCUT2D eigenvalue weighted by Crippen LogP contribution is -2.59. The highest BCUT2D eigenvalue weighted by Gasteiger charge is 2.53. The fourth-order valence-electron chi connectivity index (χ4n) is 3.74. The first kappa shape index (κ1) is 19.7. The van der Waals surface area contributed by atoms with E-state index in [-0.39, 0.29) is 5.41 Å². The van der Waals surface area contributed by atoms with E-state index in [1.165, 1.54) is 5.56 Å². The van der Waals surface area contributed by atoms with Crippen LogP contribution in [0.5, 0.6) is 0 Å². The van der Waals surface area contributed by atoms with Crippen molar-refractivity contribution >= 4 is 8.56 Å². The SMILES string of the molecule is CC(C)[Si]1(C(C)C)O[C@@H](CCc2ccccc2)C[C@@H](C(C)(C)C)O1. The van der Waals surface area contributed by atoms with Crippen molar-refractivity contribution in [3.63, 3.8) is 0 Å². The Bertz CT molecular complexity index is 496. The van der Waals surface area contributed by atoms with Crippen LogP contribution in [0.25, 0.3) is 0 Å². The molecule has 2 atom stereocenters. The molecule has 0 N–H and O–H groups in total. The number of hydrogen-bond donors (Lipinski definition) is 0. The molecule has 136 valence electrons. The standard InChI is InChI=1S/C21H36O2Si/c1-16(2)24(17(3)4)22-19(15-20(23-24)21(5,6)7)14-13-18-11-9-8-10-12-18/h8-12,16-17,19-20H,13-15H2,1-7H3/t19-,20-/m0/s1. The van der Waals surface area contributed by atoms with E-state index in [0.717, 1.165) is 19.3 Å². The van der Waals surface area contributed by atoms with E-state index in [9.17, 15) is 0 Å². The second-order valence-corrected chi connectivity index (χ2v) is 13.2. The molecule has 2 nitrogen and oxygen atoms in total. The number of benzene rings is 1. The maximum atomic E-state index is 6.76. The highest BCUT2D eigenvalue weighted by atomic mass is 28.4. The van der Waals surface area contributed by atoms with E-state index < -0.39 is 8.56 Å². The van der Waals surface area contributed by atoms with Gasteiger partial charge in [0, 0.05) is 0 Å². The van der Waals surface area contributed by atoms with E-state index >= 15 is 0 Å². The third-order valence-electron chi connectivity index (χ3n) is 5.33. The first-order valence-electron chi connectivity index (χ1n) is 9.54. The van der Waals surface area contributed by atoms with Gasteiger partial charge < -0.3 is 8.85 Å². The van der Waals surface area contributed by atoms with E-state index in [2.05, 4.69) is 78.8 Å². The minimum absolute atomic E-state index is 0.163. The van der Waals surface area contributed by atoms with Crippen LogP contribution < -0.4 is 0 Å². The summed E-state index contributed by atoms with van der Waals surface area (Å²) < 4.78 is 13.5. The van der Waals surface area contributed by atoms with Crippen LogP contribution in [-0.2, 0) is 15.3 Å². The second-order valence-electron chi connectivity index (χ2n) is 9.00. The lowest BCUT2D eigenvalue weighted by atomic mass is 9.85. The van der Waals surface area contributed by atoms with Gasteiger partial charge in [-0.05, 0) is 41.3 Å². The quantitative estimate of drug-likeness (QED) is 0.598. The molecule has 3 heteroatoms. The monoisotopic (exact) mass is 348 g/mol. The number of aryl methyl sites for hydroxylation is 1. The minimum Gasteiger partial charge on any atom is -0.391 e. The van der Waals surface area contributed by atoms with Crippen LogP contribution in [0.4, 0.5) is 0 Å². The maximum absolute atomic E-state index is 6.76. The van der Waals surface area contributed by atoms with Gasteiger partial charge in [-0.25, -0.2) is 0 Å². The highest BCUT2D eigenvalue weighted by Crippen LogP contribution is 2.44. The van der Waals surface area contributed by atoms with E-state index in [4.69, 9.17) is 8.85 Å². The zero-order chi connectivity index (χ0) is 18.0. The fraction of sp³-hybridized carbons (Fsp3) is 0.714. The zero-order valence-electron chi connectivity index (χ0n) is 16.6. The van der Waals surface area contributed by atoms with Crippen molar-refractivity contribution in [2.45, 2.75) is 91.0 Å². The maximum Gasteiger partial charge on any atom is 0.343 e. The molecule has 0 amide bonds. The Morgan fingerprint density at radius 3 is 2.08 bits per heavy atom. The summed E-state index contributed by atoms with van der Waals surface area (Å²) in [6.07, 6.45) is 3.81. The molecule has 1 fully saturated rings. The lowest BCUT2D eigenvalue weighted by Gasteiger charge is -2.50. The first-order chi connectivity index (χ1) is 11.1. The largest absolute Gasteiger partial charge is 0.391 e. The number of rotatable bonds is 5. The molecule has 0 aromatic heterocycles. The minimum atomic E-state index is -2.21. The van der Waals surface area contributed by atoms with Gasteiger partial charge in [-0.15, -0.1) is 0 Å². The summed E-state index contributed by atoms with van der Waals surface area (Å²) in [5.74, 6) is 0. The van der Waals surface area contributed by atoms with Crippen LogP contribution in [0.1, 0.15) is 66.9 Å². The van der Waals surface area contributed by atoms with Crippen molar-refractivity contribution in [2.75, 3.05) is 0 Å². The second kappa shape index (κ2) is 7.71. The average Bonchev–Trinajstić information content (AvgIpc) is 2.52. The van der Waals surface area contributed by atoms with Crippen molar-refractivity contribution in [2.24, 2.45) is 5.41 Å². The number of hydrogen-bond acceptors (Lipinski definition) is 2. The Balaban J connectivity index is 2.17. The van der Waals surface area contributed by atoms with Crippen molar-refractivity contribution in [1.29, 1.82) is 0 Å². The van der Waals surface area contributed by atoms with Crippen molar-refractivity contribution in [3.05, 3.63) is 35.9 Å². The van der Waals surface area contributed by atoms with Crippen molar-refractivity contribution in [1.82, 2.24) is 0 Å². The van der Waals surface area contributed by atoms with Gasteiger partial charge in [0.2, 0.25) is 0 Å². The van der Waals surface area contributed by atoms with Crippen LogP contribution in [0.2, 0.25) is 11.1 Å². The normalized spacial score (nSPS) is 24.5. The van der Waals surface area contributed by atoms with Crippen molar-refractivity contribution in [3.8, 4) is 0 Å². The smallest absolute Gasteiger partial charge is 0.343 e. The van der Waals surface area contributed by atoms with Crippen LogP contribution in [0.15, 0.2) is 30.3 Å². The topological polar surface area (TPSA) is 18.5 Å². The van der Waals surface area contributed by atoms with E-state index in [0.29, 0.717) is 23.3 Å². The predicted octanol–water partition coefficient (Wildman–Crippen LogP) is 6.10. The molecule has 1 aliphatic heterocycles. The molecule has 2 rings (SSSR count). The van der Waals surface area contributed by atoms with Gasteiger partial charge >= 0.3 is 8.56 Å². The van der Waals surface area contributed by atoms with E-state index in [1.807, 2.05) is 0 Å². The van der Waals surface area contributed by atoms with Gasteiger partial charge in [0.25, 0.3) is 0 Å². The fourth-order valence-corrected chi connectivity index (χ4v) is 7.84. The molecule has 1 heterocycles. The molecule has 0 aliphatic carbocycles. The summed E-state index contributed by atoms with van der Waals surface area (Å²) in [6, 6.07) is 10.8. The van der Waals surface area contributed by atoms with Crippen LogP contribution in [-0.4, -0.2) is 20.8 Å². The summed E-state index contributed by atoms with van der Waals surface area (Å²) in [5, 5.41) is 0. The lowest BCUT2D eigenvalue weighted by molar-refractivity contribution is -0.0568. The Morgan fingerprint density at radius 1 is 1.00 bits per heavy atom. The average molecular weight is 349 g/mol. The van der Waals surface area contributed by atoms with E-state index in [1.54, 1.807) is 0 Å². The molecule has 0 unspecified atom stereocenters. The summed E-state index contributed by atoms with van der Waals surface area (Å²) >= 11 is 0. The molecule has 0 saturated carbocycles. The van der Waals surface area contributed by atoms with Crippen molar-refractivity contribution < 1.29 is 8.85 Å². The molecular formula is C21H36O2Si. The molecule has 0 radical (unpaired) electrons. The van der Waals surface area contributed by atoms with Crippen LogP contribution in [0.3, 0.4) is 0 Å². The Hall–Kier alpha value is -0.643.